The lowest BCUT2D eigenvalue weighted by molar-refractivity contribution is -0.142. The summed E-state index contributed by atoms with van der Waals surface area (Å²) in [5, 5.41) is 16.5. The van der Waals surface area contributed by atoms with Crippen molar-refractivity contribution in [3.05, 3.63) is 51.8 Å². The summed E-state index contributed by atoms with van der Waals surface area (Å²) in [7, 11) is 1.87. The molecule has 0 aliphatic rings. The average Bonchev–Trinajstić information content (AvgIpc) is 2.78. The predicted octanol–water partition coefficient (Wildman–Crippen LogP) is 2.53. The van der Waals surface area contributed by atoms with Gasteiger partial charge in [-0.05, 0) is 56.4 Å². The minimum atomic E-state index is -1.06. The highest BCUT2D eigenvalue weighted by Gasteiger charge is 2.24. The molecule has 6 nitrogen and oxygen atoms in total. The number of nitrogens with zero attached hydrogens (tertiary/aromatic N) is 2. The normalized spacial score (nSPS) is 12.0. The third-order valence-electron chi connectivity index (χ3n) is 4.77. The lowest BCUT2D eigenvalue weighted by Gasteiger charge is -2.18. The molecule has 1 aromatic carbocycles. The van der Waals surface area contributed by atoms with Gasteiger partial charge >= 0.3 is 5.97 Å². The number of nitrogens with one attached hydrogen (secondary N) is 1. The highest BCUT2D eigenvalue weighted by atomic mass is 16.4. The van der Waals surface area contributed by atoms with Crippen molar-refractivity contribution in [1.82, 2.24) is 15.1 Å². The van der Waals surface area contributed by atoms with E-state index in [1.165, 1.54) is 0 Å². The monoisotopic (exact) mass is 343 g/mol. The van der Waals surface area contributed by atoms with Crippen molar-refractivity contribution >= 4 is 11.9 Å². The van der Waals surface area contributed by atoms with Crippen LogP contribution in [-0.4, -0.2) is 26.8 Å². The molecular formula is C19H25N3O3. The molecule has 25 heavy (non-hydrogen) atoms. The van der Waals surface area contributed by atoms with Crippen molar-refractivity contribution in [1.29, 1.82) is 0 Å². The SMILES string of the molecule is Cc1cccc(C(NC(=O)CCc2c(C)nn(C)c2C)C(=O)O)c1C. The topological polar surface area (TPSA) is 84.2 Å². The summed E-state index contributed by atoms with van der Waals surface area (Å²) >= 11 is 0. The summed E-state index contributed by atoms with van der Waals surface area (Å²) < 4.78 is 1.79. The van der Waals surface area contributed by atoms with Crippen LogP contribution in [0.4, 0.5) is 0 Å². The van der Waals surface area contributed by atoms with Crippen molar-refractivity contribution in [2.24, 2.45) is 7.05 Å². The molecular weight excluding hydrogens is 318 g/mol. The first kappa shape index (κ1) is 18.7. The van der Waals surface area contributed by atoms with E-state index in [-0.39, 0.29) is 12.3 Å². The molecule has 0 aliphatic heterocycles. The van der Waals surface area contributed by atoms with Gasteiger partial charge in [-0.25, -0.2) is 4.79 Å². The van der Waals surface area contributed by atoms with Crippen LogP contribution in [0.1, 0.15) is 46.1 Å². The van der Waals surface area contributed by atoms with Gasteiger partial charge in [-0.1, -0.05) is 18.2 Å². The Morgan fingerprint density at radius 3 is 2.48 bits per heavy atom. The van der Waals surface area contributed by atoms with Crippen LogP contribution in [0.25, 0.3) is 0 Å². The fourth-order valence-corrected chi connectivity index (χ4v) is 3.01. The second-order valence-electron chi connectivity index (χ2n) is 6.40. The zero-order valence-electron chi connectivity index (χ0n) is 15.4. The van der Waals surface area contributed by atoms with Crippen LogP contribution in [-0.2, 0) is 23.1 Å². The number of carbonyl (C=O) groups excluding carboxylic acids is 1. The number of carbonyl (C=O) groups is 2. The van der Waals surface area contributed by atoms with Crippen LogP contribution >= 0.6 is 0 Å². The summed E-state index contributed by atoms with van der Waals surface area (Å²) in [6.07, 6.45) is 0.762. The van der Waals surface area contributed by atoms with Gasteiger partial charge in [-0.2, -0.15) is 5.10 Å². The van der Waals surface area contributed by atoms with Crippen molar-refractivity contribution in [3.63, 3.8) is 0 Å². The van der Waals surface area contributed by atoms with Gasteiger partial charge in [0.1, 0.15) is 0 Å². The molecule has 2 aromatic rings. The van der Waals surface area contributed by atoms with Gasteiger partial charge in [0.15, 0.2) is 6.04 Å². The molecule has 6 heteroatoms. The number of hydrogen-bond donors (Lipinski definition) is 2. The van der Waals surface area contributed by atoms with E-state index in [2.05, 4.69) is 10.4 Å². The Balaban J connectivity index is 2.11. The van der Waals surface area contributed by atoms with E-state index in [0.29, 0.717) is 12.0 Å². The fraction of sp³-hybridized carbons (Fsp3) is 0.421. The molecule has 1 amide bonds. The van der Waals surface area contributed by atoms with Crippen LogP contribution in [0.2, 0.25) is 0 Å². The average molecular weight is 343 g/mol. The Hall–Kier alpha value is -2.63. The minimum Gasteiger partial charge on any atom is -0.479 e. The van der Waals surface area contributed by atoms with Crippen molar-refractivity contribution < 1.29 is 14.7 Å². The highest BCUT2D eigenvalue weighted by molar-refractivity contribution is 5.85. The summed E-state index contributed by atoms with van der Waals surface area (Å²) in [4.78, 5) is 24.0. The lowest BCUT2D eigenvalue weighted by Crippen LogP contribution is -2.34. The first-order valence-corrected chi connectivity index (χ1v) is 8.29. The van der Waals surface area contributed by atoms with Crippen molar-refractivity contribution in [2.45, 2.75) is 46.6 Å². The van der Waals surface area contributed by atoms with Gasteiger partial charge in [0.05, 0.1) is 5.69 Å². The molecule has 1 heterocycles. The Kier molecular flexibility index (Phi) is 5.62. The smallest absolute Gasteiger partial charge is 0.330 e. The number of amides is 1. The molecule has 1 aromatic heterocycles. The van der Waals surface area contributed by atoms with Gasteiger partial charge < -0.3 is 10.4 Å². The lowest BCUT2D eigenvalue weighted by atomic mass is 9.97. The van der Waals surface area contributed by atoms with Gasteiger partial charge in [-0.15, -0.1) is 0 Å². The van der Waals surface area contributed by atoms with E-state index in [4.69, 9.17) is 0 Å². The second-order valence-corrected chi connectivity index (χ2v) is 6.40. The third-order valence-corrected chi connectivity index (χ3v) is 4.77. The molecule has 0 saturated heterocycles. The first-order valence-electron chi connectivity index (χ1n) is 8.29. The van der Waals surface area contributed by atoms with Gasteiger partial charge in [0.25, 0.3) is 0 Å². The number of carboxylic acids is 1. The molecule has 0 aliphatic carbocycles. The zero-order valence-corrected chi connectivity index (χ0v) is 15.4. The number of aromatic nitrogens is 2. The summed E-state index contributed by atoms with van der Waals surface area (Å²) in [5.41, 5.74) is 5.46. The van der Waals surface area contributed by atoms with Gasteiger partial charge in [0.2, 0.25) is 5.91 Å². The van der Waals surface area contributed by atoms with Crippen molar-refractivity contribution in [2.75, 3.05) is 0 Å². The number of rotatable bonds is 6. The Morgan fingerprint density at radius 1 is 1.24 bits per heavy atom. The largest absolute Gasteiger partial charge is 0.479 e. The highest BCUT2D eigenvalue weighted by Crippen LogP contribution is 2.21. The Labute approximate surface area is 147 Å². The molecule has 2 rings (SSSR count). The van der Waals surface area contributed by atoms with Gasteiger partial charge in [0, 0.05) is 19.2 Å². The maximum Gasteiger partial charge on any atom is 0.330 e. The summed E-state index contributed by atoms with van der Waals surface area (Å²) in [6.45, 7) is 7.67. The van der Waals surface area contributed by atoms with Gasteiger partial charge in [-0.3, -0.25) is 9.48 Å². The first-order chi connectivity index (χ1) is 11.7. The molecule has 0 saturated carbocycles. The van der Waals surface area contributed by atoms with Crippen LogP contribution in [0.5, 0.6) is 0 Å². The van der Waals surface area contributed by atoms with E-state index in [1.807, 2.05) is 46.9 Å². The van der Waals surface area contributed by atoms with Crippen molar-refractivity contribution in [3.8, 4) is 0 Å². The molecule has 0 spiro atoms. The van der Waals surface area contributed by atoms with E-state index in [1.54, 1.807) is 10.7 Å². The fourth-order valence-electron chi connectivity index (χ4n) is 3.01. The molecule has 0 bridgehead atoms. The number of aryl methyl sites for hydroxylation is 3. The summed E-state index contributed by atoms with van der Waals surface area (Å²) in [5.74, 6) is -1.34. The molecule has 1 unspecified atom stereocenters. The number of benzene rings is 1. The quantitative estimate of drug-likeness (QED) is 0.844. The molecule has 1 atom stereocenters. The van der Waals surface area contributed by atoms with Crippen LogP contribution < -0.4 is 5.32 Å². The molecule has 0 radical (unpaired) electrons. The number of hydrogen-bond acceptors (Lipinski definition) is 3. The Bertz CT molecular complexity index is 808. The van der Waals surface area contributed by atoms with E-state index >= 15 is 0 Å². The maximum atomic E-state index is 12.3. The second kappa shape index (κ2) is 7.51. The minimum absolute atomic E-state index is 0.224. The van der Waals surface area contributed by atoms with Crippen LogP contribution in [0.15, 0.2) is 18.2 Å². The number of carboxylic acid groups (broad SMARTS) is 1. The number of aliphatic carboxylic acids is 1. The molecule has 0 fully saturated rings. The zero-order chi connectivity index (χ0) is 18.7. The molecule has 2 N–H and O–H groups in total. The van der Waals surface area contributed by atoms with Crippen LogP contribution in [0, 0.1) is 27.7 Å². The van der Waals surface area contributed by atoms with Crippen LogP contribution in [0.3, 0.4) is 0 Å². The van der Waals surface area contributed by atoms with E-state index in [0.717, 1.165) is 28.1 Å². The maximum absolute atomic E-state index is 12.3. The molecule has 134 valence electrons. The van der Waals surface area contributed by atoms with E-state index in [9.17, 15) is 14.7 Å². The summed E-state index contributed by atoms with van der Waals surface area (Å²) in [6, 6.07) is 4.44. The standard InChI is InChI=1S/C19H25N3O3/c1-11-7-6-8-15(12(11)2)18(19(24)25)20-17(23)10-9-16-13(3)21-22(5)14(16)4/h6-8,18H,9-10H2,1-5H3,(H,20,23)(H,24,25). The predicted molar refractivity (Wildman–Crippen MR) is 95.4 cm³/mol. The van der Waals surface area contributed by atoms with E-state index < -0.39 is 12.0 Å². The Morgan fingerprint density at radius 2 is 1.92 bits per heavy atom. The third kappa shape index (κ3) is 4.07.